The molecule has 16 heteroatoms. The smallest absolute Gasteiger partial charge is 0.305 e. The molecule has 0 aliphatic carbocycles. The van der Waals surface area contributed by atoms with Crippen LogP contribution < -0.4 is 26.6 Å². The van der Waals surface area contributed by atoms with Gasteiger partial charge < -0.3 is 36.8 Å². The first-order valence-corrected chi connectivity index (χ1v) is 11.3. The van der Waals surface area contributed by atoms with Crippen LogP contribution in [0.25, 0.3) is 0 Å². The van der Waals surface area contributed by atoms with E-state index < -0.39 is 84.5 Å². The number of carbonyl (C=O) groups is 7. The number of carboxylic acids is 2. The molecule has 5 atom stereocenters. The summed E-state index contributed by atoms with van der Waals surface area (Å²) in [5.41, 5.74) is 0. The number of nitrogens with one attached hydrogen (secondary N) is 5. The molecule has 0 spiro atoms. The van der Waals surface area contributed by atoms with Crippen LogP contribution in [0.4, 0.5) is 0 Å². The second kappa shape index (κ2) is 13.6. The van der Waals surface area contributed by atoms with Gasteiger partial charge in [0.05, 0.1) is 6.42 Å². The Balaban J connectivity index is 3.33. The molecule has 0 radical (unpaired) electrons. The Morgan fingerprint density at radius 2 is 1.09 bits per heavy atom. The molecule has 1 aliphatic heterocycles. The zero-order valence-corrected chi connectivity index (χ0v) is 19.9. The van der Waals surface area contributed by atoms with Gasteiger partial charge in [0.1, 0.15) is 30.2 Å². The number of thiol groups is 2. The number of hydrogen-bond donors (Lipinski definition) is 9. The first kappa shape index (κ1) is 29.0. The van der Waals surface area contributed by atoms with Crippen molar-refractivity contribution < 1.29 is 43.8 Å². The summed E-state index contributed by atoms with van der Waals surface area (Å²) in [4.78, 5) is 85.2. The van der Waals surface area contributed by atoms with Crippen LogP contribution in [-0.2, 0) is 33.6 Å². The second-order valence-corrected chi connectivity index (χ2v) is 8.10. The van der Waals surface area contributed by atoms with E-state index in [1.165, 1.54) is 6.92 Å². The molecule has 1 heterocycles. The summed E-state index contributed by atoms with van der Waals surface area (Å²) in [5, 5.41) is 29.5. The van der Waals surface area contributed by atoms with Crippen molar-refractivity contribution in [1.82, 2.24) is 26.6 Å². The molecule has 1 rings (SSSR count). The number of amides is 5. The number of hydrogen-bond acceptors (Lipinski definition) is 9. The molecule has 0 aromatic rings. The summed E-state index contributed by atoms with van der Waals surface area (Å²) >= 11 is 8.00. The van der Waals surface area contributed by atoms with Crippen LogP contribution >= 0.6 is 25.3 Å². The highest BCUT2D eigenvalue weighted by Gasteiger charge is 2.33. The molecule has 190 valence electrons. The molecule has 0 saturated carbocycles. The summed E-state index contributed by atoms with van der Waals surface area (Å²) in [6.07, 6.45) is -1.63. The van der Waals surface area contributed by atoms with Gasteiger partial charge in [-0.1, -0.05) is 0 Å². The standard InChI is InChI=1S/C18H27N5O9S2/c1-7-14(28)20-8(2-3-12(24)25)15(29)22-11(6-34)18(32)23-10(5-33)17(31)21-9(4-13(26)27)16(30)19-7/h7-11,33-34H,2-6H2,1H3,(H,19,30)(H,20,28)(H,21,31)(H,22,29)(H,23,32)(H,24,25)(H,26,27)/t7-,8-,9-,10-,11-/m0/s1. The van der Waals surface area contributed by atoms with Crippen LogP contribution in [0.15, 0.2) is 0 Å². The van der Waals surface area contributed by atoms with Crippen molar-refractivity contribution in [1.29, 1.82) is 0 Å². The number of carboxylic acid groups (broad SMARTS) is 2. The normalized spacial score (nSPS) is 27.1. The lowest BCUT2D eigenvalue weighted by atomic mass is 10.1. The summed E-state index contributed by atoms with van der Waals surface area (Å²) < 4.78 is 0. The maximum absolute atomic E-state index is 12.7. The van der Waals surface area contributed by atoms with E-state index in [0.29, 0.717) is 0 Å². The van der Waals surface area contributed by atoms with Gasteiger partial charge in [-0.05, 0) is 13.3 Å². The Morgan fingerprint density at radius 3 is 1.53 bits per heavy atom. The van der Waals surface area contributed by atoms with Gasteiger partial charge in [-0.3, -0.25) is 33.6 Å². The molecular formula is C18H27N5O9S2. The lowest BCUT2D eigenvalue weighted by Gasteiger charge is -2.24. The van der Waals surface area contributed by atoms with Crippen molar-refractivity contribution in [2.24, 2.45) is 0 Å². The molecule has 0 bridgehead atoms. The maximum Gasteiger partial charge on any atom is 0.305 e. The Bertz CT molecular complexity index is 841. The third-order valence-electron chi connectivity index (χ3n) is 4.67. The van der Waals surface area contributed by atoms with E-state index in [-0.39, 0.29) is 17.9 Å². The fraction of sp³-hybridized carbons (Fsp3) is 0.611. The number of aliphatic carboxylic acids is 2. The second-order valence-electron chi connectivity index (χ2n) is 7.37. The lowest BCUT2D eigenvalue weighted by Crippen LogP contribution is -2.58. The third-order valence-corrected chi connectivity index (χ3v) is 5.41. The zero-order valence-electron chi connectivity index (χ0n) is 18.1. The zero-order chi connectivity index (χ0) is 26.0. The summed E-state index contributed by atoms with van der Waals surface area (Å²) in [5.74, 6) is -7.62. The fourth-order valence-electron chi connectivity index (χ4n) is 2.80. The van der Waals surface area contributed by atoms with E-state index >= 15 is 0 Å². The Labute approximate surface area is 205 Å². The lowest BCUT2D eigenvalue weighted by molar-refractivity contribution is -0.141. The summed E-state index contributed by atoms with van der Waals surface area (Å²) in [6.45, 7) is 1.25. The van der Waals surface area contributed by atoms with Gasteiger partial charge in [0.2, 0.25) is 29.5 Å². The topological polar surface area (TPSA) is 220 Å². The molecule has 1 saturated heterocycles. The molecule has 14 nitrogen and oxygen atoms in total. The van der Waals surface area contributed by atoms with Gasteiger partial charge in [0.25, 0.3) is 0 Å². The monoisotopic (exact) mass is 521 g/mol. The first-order valence-electron chi connectivity index (χ1n) is 10.1. The Kier molecular flexibility index (Phi) is 11.6. The van der Waals surface area contributed by atoms with E-state index in [1.807, 2.05) is 0 Å². The van der Waals surface area contributed by atoms with Crippen LogP contribution in [0, 0.1) is 0 Å². The molecule has 7 N–H and O–H groups in total. The summed E-state index contributed by atoms with van der Waals surface area (Å²) in [6, 6.07) is -6.82. The molecule has 1 fully saturated rings. The van der Waals surface area contributed by atoms with Crippen molar-refractivity contribution >= 4 is 66.7 Å². The highest BCUT2D eigenvalue weighted by molar-refractivity contribution is 7.80. The quantitative estimate of drug-likeness (QED) is 0.153. The Morgan fingerprint density at radius 1 is 0.676 bits per heavy atom. The van der Waals surface area contributed by atoms with Crippen LogP contribution in [0.3, 0.4) is 0 Å². The Hall–Kier alpha value is -3.01. The molecular weight excluding hydrogens is 494 g/mol. The van der Waals surface area contributed by atoms with Crippen molar-refractivity contribution in [2.75, 3.05) is 11.5 Å². The predicted molar refractivity (Wildman–Crippen MR) is 122 cm³/mol. The maximum atomic E-state index is 12.7. The largest absolute Gasteiger partial charge is 0.481 e. The van der Waals surface area contributed by atoms with E-state index in [0.717, 1.165) is 0 Å². The van der Waals surface area contributed by atoms with Crippen LogP contribution in [0.5, 0.6) is 0 Å². The van der Waals surface area contributed by atoms with Crippen molar-refractivity contribution in [3.8, 4) is 0 Å². The molecule has 0 aromatic carbocycles. The molecule has 0 aromatic heterocycles. The minimum absolute atomic E-state index is 0.212. The number of carbonyl (C=O) groups excluding carboxylic acids is 5. The van der Waals surface area contributed by atoms with E-state index in [1.54, 1.807) is 0 Å². The van der Waals surface area contributed by atoms with Crippen LogP contribution in [0.1, 0.15) is 26.2 Å². The average Bonchev–Trinajstić information content (AvgIpc) is 2.76. The third kappa shape index (κ3) is 9.09. The van der Waals surface area contributed by atoms with Gasteiger partial charge in [0, 0.05) is 17.9 Å². The van der Waals surface area contributed by atoms with E-state index in [4.69, 9.17) is 10.2 Å². The van der Waals surface area contributed by atoms with Crippen molar-refractivity contribution in [2.45, 2.75) is 56.4 Å². The highest BCUT2D eigenvalue weighted by atomic mass is 32.1. The summed E-state index contributed by atoms with van der Waals surface area (Å²) in [7, 11) is 0. The van der Waals surface area contributed by atoms with Gasteiger partial charge in [0.15, 0.2) is 0 Å². The molecule has 34 heavy (non-hydrogen) atoms. The van der Waals surface area contributed by atoms with Crippen molar-refractivity contribution in [3.05, 3.63) is 0 Å². The molecule has 5 amide bonds. The van der Waals surface area contributed by atoms with Gasteiger partial charge in [-0.25, -0.2) is 0 Å². The number of rotatable bonds is 7. The minimum Gasteiger partial charge on any atom is -0.481 e. The first-order chi connectivity index (χ1) is 15.9. The van der Waals surface area contributed by atoms with Crippen LogP contribution in [0.2, 0.25) is 0 Å². The minimum atomic E-state index is -1.59. The van der Waals surface area contributed by atoms with Crippen molar-refractivity contribution in [3.63, 3.8) is 0 Å². The average molecular weight is 522 g/mol. The van der Waals surface area contributed by atoms with Gasteiger partial charge >= 0.3 is 11.9 Å². The van der Waals surface area contributed by atoms with Crippen LogP contribution in [-0.4, -0.2) is 93.4 Å². The van der Waals surface area contributed by atoms with E-state index in [9.17, 15) is 33.6 Å². The molecule has 1 aliphatic rings. The highest BCUT2D eigenvalue weighted by Crippen LogP contribution is 2.04. The fourth-order valence-corrected chi connectivity index (χ4v) is 3.32. The van der Waals surface area contributed by atoms with Gasteiger partial charge in [-0.2, -0.15) is 25.3 Å². The van der Waals surface area contributed by atoms with E-state index in [2.05, 4.69) is 51.8 Å². The predicted octanol–water partition coefficient (Wildman–Crippen LogP) is -3.36. The van der Waals surface area contributed by atoms with Gasteiger partial charge in [-0.15, -0.1) is 0 Å². The SMILES string of the molecule is C[C@@H]1NC(=O)[C@H](CC(=O)O)NC(=O)[C@H](CS)NC(=O)[C@H](CS)NC(=O)[C@H](CCC(=O)O)NC1=O. The molecule has 0 unspecified atom stereocenters.